The molecule has 220 valence electrons. The van der Waals surface area contributed by atoms with Gasteiger partial charge in [-0.2, -0.15) is 13.2 Å². The molecule has 0 bridgehead atoms. The van der Waals surface area contributed by atoms with Crippen LogP contribution < -0.4 is 16.0 Å². The zero-order chi connectivity index (χ0) is 31.0. The first-order chi connectivity index (χ1) is 20.5. The number of nitrogens with one attached hydrogen (secondary N) is 3. The highest BCUT2D eigenvalue weighted by molar-refractivity contribution is 9.10. The number of amides is 3. The van der Waals surface area contributed by atoms with Gasteiger partial charge < -0.3 is 16.0 Å². The van der Waals surface area contributed by atoms with Crippen molar-refractivity contribution in [1.29, 1.82) is 0 Å². The molecule has 0 aliphatic heterocycles. The second-order valence-corrected chi connectivity index (χ2v) is 11.6. The maximum absolute atomic E-state index is 13.2. The van der Waals surface area contributed by atoms with Gasteiger partial charge in [0.15, 0.2) is 0 Å². The minimum atomic E-state index is -4.51. The normalized spacial score (nSPS) is 12.3. The average molecular weight is 669 g/mol. The molecule has 0 spiro atoms. The molecule has 0 aromatic heterocycles. The van der Waals surface area contributed by atoms with Crippen molar-refractivity contribution in [2.75, 3.05) is 10.6 Å². The molecule has 0 heterocycles. The third-order valence-electron chi connectivity index (χ3n) is 5.94. The van der Waals surface area contributed by atoms with Gasteiger partial charge in [-0.3, -0.25) is 14.4 Å². The van der Waals surface area contributed by atoms with Crippen LogP contribution in [0.15, 0.2) is 118 Å². The Hall–Kier alpha value is -4.35. The van der Waals surface area contributed by atoms with Gasteiger partial charge in [0.1, 0.15) is 5.70 Å². The van der Waals surface area contributed by atoms with Gasteiger partial charge in [-0.25, -0.2) is 0 Å². The zero-order valence-electron chi connectivity index (χ0n) is 22.6. The first-order valence-corrected chi connectivity index (χ1v) is 14.5. The van der Waals surface area contributed by atoms with Gasteiger partial charge in [-0.1, -0.05) is 52.3 Å². The zero-order valence-corrected chi connectivity index (χ0v) is 25.0. The maximum atomic E-state index is 13.2. The molecule has 3 N–H and O–H groups in total. The number of carbonyl (C=O) groups excluding carboxylic acids is 3. The van der Waals surface area contributed by atoms with Crippen LogP contribution in [0.4, 0.5) is 24.5 Å². The maximum Gasteiger partial charge on any atom is 0.416 e. The van der Waals surface area contributed by atoms with Crippen LogP contribution >= 0.6 is 27.7 Å². The first kappa shape index (κ1) is 31.6. The summed E-state index contributed by atoms with van der Waals surface area (Å²) in [5.74, 6) is -1.45. The van der Waals surface area contributed by atoms with Crippen LogP contribution in [0.2, 0.25) is 0 Å². The molecule has 0 radical (unpaired) electrons. The molecular formula is C32H25BrF3N3O3S. The van der Waals surface area contributed by atoms with Gasteiger partial charge >= 0.3 is 6.18 Å². The Morgan fingerprint density at radius 2 is 1.51 bits per heavy atom. The molecular weight excluding hydrogens is 643 g/mol. The summed E-state index contributed by atoms with van der Waals surface area (Å²) in [7, 11) is 0. The second kappa shape index (κ2) is 14.2. The molecule has 3 amide bonds. The largest absolute Gasteiger partial charge is 0.416 e. The highest BCUT2D eigenvalue weighted by Gasteiger charge is 2.30. The minimum Gasteiger partial charge on any atom is -0.325 e. The molecule has 0 saturated carbocycles. The number of anilines is 2. The van der Waals surface area contributed by atoms with E-state index in [1.165, 1.54) is 23.9 Å². The van der Waals surface area contributed by atoms with Crippen molar-refractivity contribution in [3.8, 4) is 0 Å². The number of thioether (sulfide) groups is 1. The van der Waals surface area contributed by atoms with Crippen LogP contribution in [0.1, 0.15) is 28.4 Å². The molecule has 4 rings (SSSR count). The van der Waals surface area contributed by atoms with Crippen LogP contribution in [-0.4, -0.2) is 23.0 Å². The fourth-order valence-electron chi connectivity index (χ4n) is 3.80. The number of halogens is 4. The topological polar surface area (TPSA) is 87.3 Å². The fourth-order valence-corrected chi connectivity index (χ4v) is 5.08. The minimum absolute atomic E-state index is 0.0327. The lowest BCUT2D eigenvalue weighted by Crippen LogP contribution is -2.30. The van der Waals surface area contributed by atoms with E-state index >= 15 is 0 Å². The van der Waals surface area contributed by atoms with Gasteiger partial charge in [0, 0.05) is 26.3 Å². The molecule has 0 saturated heterocycles. The van der Waals surface area contributed by atoms with E-state index < -0.39 is 34.7 Å². The van der Waals surface area contributed by atoms with E-state index in [4.69, 9.17) is 0 Å². The van der Waals surface area contributed by atoms with Gasteiger partial charge in [0.2, 0.25) is 5.91 Å². The molecule has 4 aromatic rings. The van der Waals surface area contributed by atoms with E-state index in [1.807, 2.05) is 12.1 Å². The standard InChI is InChI=1S/C32H25BrF3N3O3S/c1-20(29(40)38-26-12-6-10-23(19-26)32(34,35)36)43-27-15-13-25(14-16-27)37-31(42)28(18-21-7-5-11-24(33)17-21)39-30(41)22-8-3-2-4-9-22/h2-20H,1H3,(H,37,42)(H,38,40)(H,39,41)/b28-18-. The highest BCUT2D eigenvalue weighted by atomic mass is 79.9. The van der Waals surface area contributed by atoms with Gasteiger partial charge in [0.05, 0.1) is 10.8 Å². The molecule has 6 nitrogen and oxygen atoms in total. The Labute approximate surface area is 258 Å². The predicted octanol–water partition coefficient (Wildman–Crippen LogP) is 8.00. The van der Waals surface area contributed by atoms with Crippen LogP contribution in [0, 0.1) is 0 Å². The molecule has 1 unspecified atom stereocenters. The Bertz CT molecular complexity index is 1650. The SMILES string of the molecule is CC(Sc1ccc(NC(=O)/C(=C/c2cccc(Br)c2)NC(=O)c2ccccc2)cc1)C(=O)Nc1cccc(C(F)(F)F)c1. The van der Waals surface area contributed by atoms with E-state index in [-0.39, 0.29) is 11.4 Å². The number of hydrogen-bond donors (Lipinski definition) is 3. The van der Waals surface area contributed by atoms with E-state index in [0.717, 1.165) is 16.6 Å². The van der Waals surface area contributed by atoms with Crippen molar-refractivity contribution >= 4 is 62.9 Å². The van der Waals surface area contributed by atoms with Crippen molar-refractivity contribution < 1.29 is 27.6 Å². The van der Waals surface area contributed by atoms with Crippen LogP contribution in [0.3, 0.4) is 0 Å². The summed E-state index contributed by atoms with van der Waals surface area (Å²) in [6, 6.07) is 26.9. The molecule has 4 aromatic carbocycles. The van der Waals surface area contributed by atoms with Crippen molar-refractivity contribution in [2.24, 2.45) is 0 Å². The van der Waals surface area contributed by atoms with E-state index in [2.05, 4.69) is 31.9 Å². The van der Waals surface area contributed by atoms with E-state index in [0.29, 0.717) is 21.7 Å². The number of carbonyl (C=O) groups is 3. The smallest absolute Gasteiger partial charge is 0.325 e. The lowest BCUT2D eigenvalue weighted by molar-refractivity contribution is -0.137. The Morgan fingerprint density at radius 3 is 2.19 bits per heavy atom. The van der Waals surface area contributed by atoms with E-state index in [1.54, 1.807) is 79.7 Å². The summed E-state index contributed by atoms with van der Waals surface area (Å²) >= 11 is 4.61. The van der Waals surface area contributed by atoms with E-state index in [9.17, 15) is 27.6 Å². The average Bonchev–Trinajstić information content (AvgIpc) is 2.98. The number of hydrogen-bond acceptors (Lipinski definition) is 4. The van der Waals surface area contributed by atoms with Gasteiger partial charge in [-0.05, 0) is 85.3 Å². The third kappa shape index (κ3) is 9.32. The number of alkyl halides is 3. The summed E-state index contributed by atoms with van der Waals surface area (Å²) in [4.78, 5) is 39.4. The molecule has 0 aliphatic rings. The summed E-state index contributed by atoms with van der Waals surface area (Å²) in [6.07, 6.45) is -2.95. The van der Waals surface area contributed by atoms with Crippen LogP contribution in [-0.2, 0) is 15.8 Å². The molecule has 43 heavy (non-hydrogen) atoms. The van der Waals surface area contributed by atoms with Gasteiger partial charge in [0.25, 0.3) is 11.8 Å². The summed E-state index contributed by atoms with van der Waals surface area (Å²) in [5, 5.41) is 7.35. The quantitative estimate of drug-likeness (QED) is 0.125. The summed E-state index contributed by atoms with van der Waals surface area (Å²) in [5.41, 5.74) is 0.767. The van der Waals surface area contributed by atoms with Crippen molar-refractivity contribution in [2.45, 2.75) is 23.2 Å². The lowest BCUT2D eigenvalue weighted by Gasteiger charge is -2.14. The summed E-state index contributed by atoms with van der Waals surface area (Å²) in [6.45, 7) is 1.64. The molecule has 0 fully saturated rings. The van der Waals surface area contributed by atoms with Crippen molar-refractivity contribution in [3.05, 3.63) is 130 Å². The Balaban J connectivity index is 1.42. The Morgan fingerprint density at radius 1 is 0.814 bits per heavy atom. The van der Waals surface area contributed by atoms with Crippen molar-refractivity contribution in [3.63, 3.8) is 0 Å². The molecule has 0 aliphatic carbocycles. The monoisotopic (exact) mass is 667 g/mol. The first-order valence-electron chi connectivity index (χ1n) is 12.9. The summed E-state index contributed by atoms with van der Waals surface area (Å²) < 4.78 is 39.7. The number of rotatable bonds is 9. The Kier molecular flexibility index (Phi) is 10.4. The van der Waals surface area contributed by atoms with Crippen LogP contribution in [0.25, 0.3) is 6.08 Å². The van der Waals surface area contributed by atoms with Crippen LogP contribution in [0.5, 0.6) is 0 Å². The second-order valence-electron chi connectivity index (χ2n) is 9.24. The van der Waals surface area contributed by atoms with Gasteiger partial charge in [-0.15, -0.1) is 11.8 Å². The predicted molar refractivity (Wildman–Crippen MR) is 166 cm³/mol. The molecule has 11 heteroatoms. The third-order valence-corrected chi connectivity index (χ3v) is 7.55. The fraction of sp³-hybridized carbons (Fsp3) is 0.0938. The van der Waals surface area contributed by atoms with Crippen molar-refractivity contribution in [1.82, 2.24) is 5.32 Å². The lowest BCUT2D eigenvalue weighted by atomic mass is 10.1. The number of benzene rings is 4. The highest BCUT2D eigenvalue weighted by Crippen LogP contribution is 2.31. The molecule has 1 atom stereocenters.